The number of aromatic nitrogens is 2. The van der Waals surface area contributed by atoms with Crippen LogP contribution >= 0.6 is 0 Å². The van der Waals surface area contributed by atoms with Crippen LogP contribution in [0.1, 0.15) is 13.3 Å². The Balaban J connectivity index is 2.17. The molecule has 0 aliphatic heterocycles. The average molecular weight is 281 g/mol. The minimum atomic E-state index is -0.272. The molecule has 0 bridgehead atoms. The van der Waals surface area contributed by atoms with E-state index in [0.717, 1.165) is 35.1 Å². The molecule has 0 atom stereocenters. The lowest BCUT2D eigenvalue weighted by Crippen LogP contribution is -2.04. The Bertz CT molecular complexity index is 771. The Morgan fingerprint density at radius 1 is 1.00 bits per heavy atom. The highest BCUT2D eigenvalue weighted by Gasteiger charge is 2.10. The highest BCUT2D eigenvalue weighted by Crippen LogP contribution is 2.29. The molecule has 0 aliphatic carbocycles. The third kappa shape index (κ3) is 2.70. The van der Waals surface area contributed by atoms with Crippen LogP contribution in [0.2, 0.25) is 0 Å². The van der Waals surface area contributed by atoms with Gasteiger partial charge >= 0.3 is 0 Å². The zero-order chi connectivity index (χ0) is 14.7. The summed E-state index contributed by atoms with van der Waals surface area (Å²) in [6, 6.07) is 14.4. The molecule has 0 unspecified atom stereocenters. The van der Waals surface area contributed by atoms with Crippen molar-refractivity contribution in [2.24, 2.45) is 0 Å². The fourth-order valence-electron chi connectivity index (χ4n) is 2.33. The second-order valence-corrected chi connectivity index (χ2v) is 4.88. The van der Waals surface area contributed by atoms with E-state index < -0.39 is 0 Å². The smallest absolute Gasteiger partial charge is 0.156 e. The van der Waals surface area contributed by atoms with Crippen LogP contribution in [0, 0.1) is 5.82 Å². The summed E-state index contributed by atoms with van der Waals surface area (Å²) in [4.78, 5) is 0. The van der Waals surface area contributed by atoms with E-state index in [1.54, 1.807) is 6.07 Å². The number of anilines is 1. The lowest BCUT2D eigenvalue weighted by Gasteiger charge is -2.10. The number of hydrogen-bond donors (Lipinski definition) is 1. The minimum Gasteiger partial charge on any atom is -0.368 e. The van der Waals surface area contributed by atoms with E-state index in [2.05, 4.69) is 22.4 Å². The van der Waals surface area contributed by atoms with Gasteiger partial charge in [0.1, 0.15) is 11.5 Å². The van der Waals surface area contributed by atoms with Crippen molar-refractivity contribution < 1.29 is 4.39 Å². The van der Waals surface area contributed by atoms with Gasteiger partial charge in [0.2, 0.25) is 0 Å². The minimum absolute atomic E-state index is 0.272. The van der Waals surface area contributed by atoms with Crippen molar-refractivity contribution >= 4 is 16.6 Å². The topological polar surface area (TPSA) is 37.8 Å². The molecule has 1 aromatic heterocycles. The quantitative estimate of drug-likeness (QED) is 0.776. The van der Waals surface area contributed by atoms with E-state index >= 15 is 0 Å². The number of fused-ring (bicyclic) bond motifs is 1. The fraction of sp³-hybridized carbons (Fsp3) is 0.176. The average Bonchev–Trinajstić information content (AvgIpc) is 2.52. The number of halogens is 1. The van der Waals surface area contributed by atoms with Gasteiger partial charge in [-0.1, -0.05) is 43.3 Å². The van der Waals surface area contributed by atoms with Crippen LogP contribution in [-0.4, -0.2) is 16.7 Å². The first kappa shape index (κ1) is 13.5. The molecule has 0 amide bonds. The van der Waals surface area contributed by atoms with Gasteiger partial charge < -0.3 is 5.32 Å². The van der Waals surface area contributed by atoms with Crippen molar-refractivity contribution in [3.05, 3.63) is 54.3 Å². The molecule has 0 spiro atoms. The summed E-state index contributed by atoms with van der Waals surface area (Å²) in [5.41, 5.74) is 1.44. The fourth-order valence-corrected chi connectivity index (χ4v) is 2.33. The van der Waals surface area contributed by atoms with Gasteiger partial charge in [-0.2, -0.15) is 0 Å². The zero-order valence-electron chi connectivity index (χ0n) is 11.8. The molecule has 0 radical (unpaired) electrons. The summed E-state index contributed by atoms with van der Waals surface area (Å²) < 4.78 is 13.4. The standard InChI is InChI=1S/C17H16FN3/c1-2-10-19-17-15-9-4-3-8-14(15)16(20-21-17)12-6-5-7-13(18)11-12/h3-9,11H,2,10H2,1H3,(H,19,21). The van der Waals surface area contributed by atoms with E-state index in [1.165, 1.54) is 12.1 Å². The first-order valence-electron chi connectivity index (χ1n) is 7.05. The number of nitrogens with zero attached hydrogens (tertiary/aromatic N) is 2. The van der Waals surface area contributed by atoms with Crippen molar-refractivity contribution in [2.75, 3.05) is 11.9 Å². The van der Waals surface area contributed by atoms with Gasteiger partial charge in [-0.05, 0) is 18.6 Å². The lowest BCUT2D eigenvalue weighted by atomic mass is 10.0. The molecule has 0 saturated heterocycles. The number of nitrogens with one attached hydrogen (secondary N) is 1. The van der Waals surface area contributed by atoms with Crippen molar-refractivity contribution in [2.45, 2.75) is 13.3 Å². The van der Waals surface area contributed by atoms with E-state index in [0.29, 0.717) is 5.69 Å². The molecule has 1 N–H and O–H groups in total. The van der Waals surface area contributed by atoms with Crippen LogP contribution in [-0.2, 0) is 0 Å². The largest absolute Gasteiger partial charge is 0.368 e. The second-order valence-electron chi connectivity index (χ2n) is 4.88. The SMILES string of the molecule is CCCNc1nnc(-c2cccc(F)c2)c2ccccc12. The van der Waals surface area contributed by atoms with Crippen molar-refractivity contribution in [1.29, 1.82) is 0 Å². The van der Waals surface area contributed by atoms with E-state index in [1.807, 2.05) is 30.3 Å². The lowest BCUT2D eigenvalue weighted by molar-refractivity contribution is 0.628. The summed E-state index contributed by atoms with van der Waals surface area (Å²) in [6.07, 6.45) is 1.02. The molecule has 3 rings (SSSR count). The maximum Gasteiger partial charge on any atom is 0.156 e. The summed E-state index contributed by atoms with van der Waals surface area (Å²) in [5.74, 6) is 0.499. The summed E-state index contributed by atoms with van der Waals surface area (Å²) in [5, 5.41) is 13.8. The summed E-state index contributed by atoms with van der Waals surface area (Å²) in [6.45, 7) is 2.95. The number of rotatable bonds is 4. The molecule has 0 aliphatic rings. The van der Waals surface area contributed by atoms with Gasteiger partial charge in [-0.25, -0.2) is 4.39 Å². The molecule has 106 valence electrons. The molecule has 0 fully saturated rings. The third-order valence-electron chi connectivity index (χ3n) is 3.33. The van der Waals surface area contributed by atoms with Crippen LogP contribution in [0.4, 0.5) is 10.2 Å². The van der Waals surface area contributed by atoms with Crippen LogP contribution in [0.3, 0.4) is 0 Å². The molecule has 21 heavy (non-hydrogen) atoms. The van der Waals surface area contributed by atoms with Crippen molar-refractivity contribution in [3.8, 4) is 11.3 Å². The van der Waals surface area contributed by atoms with Gasteiger partial charge in [0.05, 0.1) is 0 Å². The van der Waals surface area contributed by atoms with E-state index in [4.69, 9.17) is 0 Å². The predicted octanol–water partition coefficient (Wildman–Crippen LogP) is 4.26. The first-order chi connectivity index (χ1) is 10.3. The molecule has 3 aromatic rings. The highest BCUT2D eigenvalue weighted by atomic mass is 19.1. The van der Waals surface area contributed by atoms with Gasteiger partial charge in [-0.15, -0.1) is 10.2 Å². The normalized spacial score (nSPS) is 10.8. The molecule has 4 heteroatoms. The van der Waals surface area contributed by atoms with Gasteiger partial charge in [-0.3, -0.25) is 0 Å². The van der Waals surface area contributed by atoms with Gasteiger partial charge in [0.15, 0.2) is 5.82 Å². The Labute approximate surface area is 122 Å². The van der Waals surface area contributed by atoms with Gasteiger partial charge in [0.25, 0.3) is 0 Å². The van der Waals surface area contributed by atoms with Crippen molar-refractivity contribution in [1.82, 2.24) is 10.2 Å². The third-order valence-corrected chi connectivity index (χ3v) is 3.33. The molecule has 1 heterocycles. The van der Waals surface area contributed by atoms with Gasteiger partial charge in [0, 0.05) is 22.9 Å². The maximum absolute atomic E-state index is 13.4. The molecule has 3 nitrogen and oxygen atoms in total. The van der Waals surface area contributed by atoms with Crippen LogP contribution < -0.4 is 5.32 Å². The number of hydrogen-bond acceptors (Lipinski definition) is 3. The zero-order valence-corrected chi connectivity index (χ0v) is 11.8. The monoisotopic (exact) mass is 281 g/mol. The summed E-state index contributed by atoms with van der Waals surface area (Å²) in [7, 11) is 0. The Morgan fingerprint density at radius 3 is 2.57 bits per heavy atom. The molecule has 0 saturated carbocycles. The molecular weight excluding hydrogens is 265 g/mol. The van der Waals surface area contributed by atoms with Crippen molar-refractivity contribution in [3.63, 3.8) is 0 Å². The Morgan fingerprint density at radius 2 is 1.81 bits per heavy atom. The van der Waals surface area contributed by atoms with Crippen LogP contribution in [0.15, 0.2) is 48.5 Å². The molecule has 2 aromatic carbocycles. The molecular formula is C17H16FN3. The summed E-state index contributed by atoms with van der Waals surface area (Å²) >= 11 is 0. The number of benzene rings is 2. The maximum atomic E-state index is 13.4. The predicted molar refractivity (Wildman–Crippen MR) is 83.7 cm³/mol. The van der Waals surface area contributed by atoms with Crippen LogP contribution in [0.25, 0.3) is 22.0 Å². The van der Waals surface area contributed by atoms with Crippen LogP contribution in [0.5, 0.6) is 0 Å². The van der Waals surface area contributed by atoms with E-state index in [-0.39, 0.29) is 5.82 Å². The Hall–Kier alpha value is -2.49. The van der Waals surface area contributed by atoms with E-state index in [9.17, 15) is 4.39 Å². The Kier molecular flexibility index (Phi) is 3.77. The first-order valence-corrected chi connectivity index (χ1v) is 7.05. The highest BCUT2D eigenvalue weighted by molar-refractivity contribution is 5.99. The second kappa shape index (κ2) is 5.87.